The predicted molar refractivity (Wildman–Crippen MR) is 85.4 cm³/mol. The molecule has 5 heteroatoms. The van der Waals surface area contributed by atoms with Crippen LogP contribution in [0.1, 0.15) is 20.3 Å². The van der Waals surface area contributed by atoms with Gasteiger partial charge in [0.2, 0.25) is 0 Å². The number of carbonyl (C=O) groups excluding carboxylic acids is 1. The Hall–Kier alpha value is -1.75. The molecule has 0 aliphatic carbocycles. The average molecular weight is 291 g/mol. The summed E-state index contributed by atoms with van der Waals surface area (Å²) < 4.78 is 5.41. The van der Waals surface area contributed by atoms with E-state index in [4.69, 9.17) is 10.5 Å². The van der Waals surface area contributed by atoms with E-state index >= 15 is 0 Å². The molecule has 1 aliphatic rings. The van der Waals surface area contributed by atoms with Crippen LogP contribution in [0.15, 0.2) is 24.3 Å². The van der Waals surface area contributed by atoms with Crippen LogP contribution in [0.2, 0.25) is 0 Å². The number of hydrogen-bond donors (Lipinski definition) is 1. The molecular formula is C16H25N3O2. The molecule has 5 nitrogen and oxygen atoms in total. The third-order valence-corrected chi connectivity index (χ3v) is 4.38. The molecule has 1 aromatic carbocycles. The average Bonchev–Trinajstić information content (AvgIpc) is 2.53. The fourth-order valence-electron chi connectivity index (χ4n) is 2.61. The van der Waals surface area contributed by atoms with Crippen LogP contribution in [0, 0.1) is 0 Å². The highest BCUT2D eigenvalue weighted by Crippen LogP contribution is 2.22. The highest BCUT2D eigenvalue weighted by atomic mass is 16.5. The van der Waals surface area contributed by atoms with Crippen molar-refractivity contribution in [3.63, 3.8) is 0 Å². The molecule has 2 N–H and O–H groups in total. The Balaban J connectivity index is 1.99. The first-order chi connectivity index (χ1) is 10.00. The van der Waals surface area contributed by atoms with Crippen molar-refractivity contribution in [1.82, 2.24) is 4.90 Å². The number of hydrogen-bond acceptors (Lipinski definition) is 4. The van der Waals surface area contributed by atoms with E-state index in [0.29, 0.717) is 19.5 Å². The standard InChI is InChI=1S/C16H25N3O2/c1-4-16(2,21-3)15(20)19-10-8-18(9-11-19)14-7-5-6-13(17)12-14/h5-7,12H,4,8-11,17H2,1-3H3. The number of nitrogens with zero attached hydrogens (tertiary/aromatic N) is 2. The van der Waals surface area contributed by atoms with E-state index < -0.39 is 5.60 Å². The van der Waals surface area contributed by atoms with E-state index in [1.165, 1.54) is 0 Å². The Bertz CT molecular complexity index is 492. The molecule has 1 heterocycles. The highest BCUT2D eigenvalue weighted by molar-refractivity contribution is 5.85. The van der Waals surface area contributed by atoms with Gasteiger partial charge in [0.15, 0.2) is 0 Å². The van der Waals surface area contributed by atoms with Gasteiger partial charge in [-0.25, -0.2) is 0 Å². The van der Waals surface area contributed by atoms with Gasteiger partial charge in [0, 0.05) is 44.7 Å². The van der Waals surface area contributed by atoms with Gasteiger partial charge < -0.3 is 20.3 Å². The minimum absolute atomic E-state index is 0.0831. The third kappa shape index (κ3) is 3.29. The van der Waals surface area contributed by atoms with Gasteiger partial charge in [-0.3, -0.25) is 4.79 Å². The number of methoxy groups -OCH3 is 1. The maximum Gasteiger partial charge on any atom is 0.254 e. The molecule has 2 rings (SSSR count). The summed E-state index contributed by atoms with van der Waals surface area (Å²) in [4.78, 5) is 16.7. The normalized spacial score (nSPS) is 18.4. The highest BCUT2D eigenvalue weighted by Gasteiger charge is 2.36. The van der Waals surface area contributed by atoms with Crippen LogP contribution < -0.4 is 10.6 Å². The smallest absolute Gasteiger partial charge is 0.254 e. The summed E-state index contributed by atoms with van der Waals surface area (Å²) in [5, 5.41) is 0. The summed E-state index contributed by atoms with van der Waals surface area (Å²) in [6, 6.07) is 7.87. The zero-order chi connectivity index (χ0) is 15.5. The number of anilines is 2. The molecular weight excluding hydrogens is 266 g/mol. The first kappa shape index (κ1) is 15.6. The summed E-state index contributed by atoms with van der Waals surface area (Å²) in [7, 11) is 1.60. The fraction of sp³-hybridized carbons (Fsp3) is 0.562. The van der Waals surface area contributed by atoms with Gasteiger partial charge in [0.05, 0.1) is 0 Å². The monoisotopic (exact) mass is 291 g/mol. The quantitative estimate of drug-likeness (QED) is 0.858. The van der Waals surface area contributed by atoms with Gasteiger partial charge >= 0.3 is 0 Å². The Morgan fingerprint density at radius 3 is 2.52 bits per heavy atom. The number of nitrogen functional groups attached to an aromatic ring is 1. The molecule has 1 fully saturated rings. The number of benzene rings is 1. The van der Waals surface area contributed by atoms with E-state index in [2.05, 4.69) is 11.0 Å². The molecule has 0 aromatic heterocycles. The largest absolute Gasteiger partial charge is 0.399 e. The van der Waals surface area contributed by atoms with Crippen molar-refractivity contribution >= 4 is 17.3 Å². The van der Waals surface area contributed by atoms with Crippen LogP contribution in [-0.4, -0.2) is 49.7 Å². The van der Waals surface area contributed by atoms with E-state index in [1.54, 1.807) is 7.11 Å². The molecule has 1 saturated heterocycles. The summed E-state index contributed by atoms with van der Waals surface area (Å²) >= 11 is 0. The van der Waals surface area contributed by atoms with Crippen molar-refractivity contribution < 1.29 is 9.53 Å². The zero-order valence-corrected chi connectivity index (χ0v) is 13.1. The Labute approximate surface area is 126 Å². The first-order valence-corrected chi connectivity index (χ1v) is 7.45. The first-order valence-electron chi connectivity index (χ1n) is 7.45. The summed E-state index contributed by atoms with van der Waals surface area (Å²) in [5.74, 6) is 0.0831. The molecule has 1 unspecified atom stereocenters. The van der Waals surface area contributed by atoms with Crippen molar-refractivity contribution in [3.05, 3.63) is 24.3 Å². The number of amides is 1. The fourth-order valence-corrected chi connectivity index (χ4v) is 2.61. The molecule has 116 valence electrons. The second-order valence-corrected chi connectivity index (χ2v) is 5.66. The van der Waals surface area contributed by atoms with Gasteiger partial charge in [-0.1, -0.05) is 13.0 Å². The van der Waals surface area contributed by atoms with E-state index in [1.807, 2.05) is 36.9 Å². The van der Waals surface area contributed by atoms with Gasteiger partial charge in [0.1, 0.15) is 5.60 Å². The number of piperazine rings is 1. The van der Waals surface area contributed by atoms with Crippen LogP contribution in [-0.2, 0) is 9.53 Å². The van der Waals surface area contributed by atoms with E-state index in [0.717, 1.165) is 24.5 Å². The maximum absolute atomic E-state index is 12.5. The van der Waals surface area contributed by atoms with E-state index in [9.17, 15) is 4.79 Å². The molecule has 21 heavy (non-hydrogen) atoms. The zero-order valence-electron chi connectivity index (χ0n) is 13.1. The Kier molecular flexibility index (Phi) is 4.73. The topological polar surface area (TPSA) is 58.8 Å². The summed E-state index contributed by atoms with van der Waals surface area (Å²) in [6.07, 6.45) is 0.678. The predicted octanol–water partition coefficient (Wildman–Crippen LogP) is 1.73. The second kappa shape index (κ2) is 6.35. The molecule has 0 radical (unpaired) electrons. The molecule has 0 bridgehead atoms. The van der Waals surface area contributed by atoms with E-state index in [-0.39, 0.29) is 5.91 Å². The molecule has 1 aromatic rings. The lowest BCUT2D eigenvalue weighted by Crippen LogP contribution is -2.55. The van der Waals surface area contributed by atoms with Crippen LogP contribution in [0.4, 0.5) is 11.4 Å². The van der Waals surface area contributed by atoms with Crippen LogP contribution >= 0.6 is 0 Å². The lowest BCUT2D eigenvalue weighted by Gasteiger charge is -2.39. The van der Waals surface area contributed by atoms with Crippen molar-refractivity contribution in [2.45, 2.75) is 25.9 Å². The Morgan fingerprint density at radius 2 is 2.00 bits per heavy atom. The van der Waals surface area contributed by atoms with Crippen molar-refractivity contribution in [3.8, 4) is 0 Å². The van der Waals surface area contributed by atoms with Crippen LogP contribution in [0.25, 0.3) is 0 Å². The van der Waals surface area contributed by atoms with Crippen LogP contribution in [0.3, 0.4) is 0 Å². The summed E-state index contributed by atoms with van der Waals surface area (Å²) in [6.45, 7) is 6.90. The second-order valence-electron chi connectivity index (χ2n) is 5.66. The van der Waals surface area contributed by atoms with Crippen molar-refractivity contribution in [2.24, 2.45) is 0 Å². The maximum atomic E-state index is 12.5. The Morgan fingerprint density at radius 1 is 1.33 bits per heavy atom. The van der Waals surface area contributed by atoms with Gasteiger partial charge in [0.25, 0.3) is 5.91 Å². The number of carbonyl (C=O) groups is 1. The molecule has 0 saturated carbocycles. The molecule has 1 amide bonds. The molecule has 1 atom stereocenters. The number of ether oxygens (including phenoxy) is 1. The summed E-state index contributed by atoms with van der Waals surface area (Å²) in [5.41, 5.74) is 7.00. The minimum Gasteiger partial charge on any atom is -0.399 e. The van der Waals surface area contributed by atoms with Crippen LogP contribution in [0.5, 0.6) is 0 Å². The van der Waals surface area contributed by atoms with Gasteiger partial charge in [-0.05, 0) is 31.5 Å². The third-order valence-electron chi connectivity index (χ3n) is 4.38. The minimum atomic E-state index is -0.709. The lowest BCUT2D eigenvalue weighted by atomic mass is 10.0. The van der Waals surface area contributed by atoms with Crippen molar-refractivity contribution in [2.75, 3.05) is 43.9 Å². The lowest BCUT2D eigenvalue weighted by molar-refractivity contribution is -0.153. The van der Waals surface area contributed by atoms with Gasteiger partial charge in [-0.15, -0.1) is 0 Å². The van der Waals surface area contributed by atoms with Gasteiger partial charge in [-0.2, -0.15) is 0 Å². The SMILES string of the molecule is CCC(C)(OC)C(=O)N1CCN(c2cccc(N)c2)CC1. The molecule has 0 spiro atoms. The number of rotatable bonds is 4. The van der Waals surface area contributed by atoms with Crippen molar-refractivity contribution in [1.29, 1.82) is 0 Å². The number of nitrogens with two attached hydrogens (primary N) is 1. The molecule has 1 aliphatic heterocycles.